The topological polar surface area (TPSA) is 392 Å². The Balaban J connectivity index is 0.000000134. The minimum Gasteiger partial charge on any atom is -0.393 e. The van der Waals surface area contributed by atoms with E-state index < -0.39 is 6.03 Å². The van der Waals surface area contributed by atoms with Gasteiger partial charge in [-0.15, -0.1) is 0 Å². The number of nitrogens with zero attached hydrogens (tertiary/aromatic N) is 19. The van der Waals surface area contributed by atoms with Gasteiger partial charge in [-0.25, -0.2) is 58.3 Å². The normalized spacial score (nSPS) is 17.8. The van der Waals surface area contributed by atoms with Gasteiger partial charge in [-0.05, 0) is 148 Å². The lowest BCUT2D eigenvalue weighted by atomic mass is 9.93. The van der Waals surface area contributed by atoms with Crippen molar-refractivity contribution in [1.82, 2.24) is 89.6 Å². The van der Waals surface area contributed by atoms with Gasteiger partial charge >= 0.3 is 18.1 Å². The number of pyridine rings is 2. The molecule has 0 radical (unpaired) electrons. The molecule has 0 bridgehead atoms. The fraction of sp³-hybridized carbons (Fsp3) is 0.385. The number of aromatic nitrogens is 14. The van der Waals surface area contributed by atoms with Crippen LogP contribution in [0.2, 0.25) is 0 Å². The summed E-state index contributed by atoms with van der Waals surface area (Å²) < 4.78 is 22.7. The first-order valence-electron chi connectivity index (χ1n) is 38.0. The Morgan fingerprint density at radius 2 is 0.759 bits per heavy atom. The third kappa shape index (κ3) is 17.1. The predicted octanol–water partition coefficient (Wildman–Crippen LogP) is 8.20. The van der Waals surface area contributed by atoms with E-state index in [2.05, 4.69) is 51.3 Å². The molecule has 3 aromatic carbocycles. The fourth-order valence-corrected chi connectivity index (χ4v) is 14.9. The third-order valence-corrected chi connectivity index (χ3v) is 20.9. The van der Waals surface area contributed by atoms with E-state index in [0.29, 0.717) is 111 Å². The summed E-state index contributed by atoms with van der Waals surface area (Å²) in [7, 11) is 3.15. The maximum atomic E-state index is 12.9. The number of hydrogen-bond donors (Lipinski definition) is 7. The molecule has 8 N–H and O–H groups in total. The SMILES string of the molecule is CNC(=O)Nc1ccc(-c2nc(N3CCOCC3)c3cnn(C4CCC(O)CC4)c3n2)cc1.CNC(=O)Nc1ccc(-c2nc(N3CCOCC3)c3cnn(C4CCN(C(=O)c5ccncc5)CC4)c3n2)cc1.NC(=O)Nc1ccc(-c2nc(N3CCOCC3)c3cnn(C4CCN(C(=O)c5cccnc5)CC4)c3n2)cc1. The number of morpholine rings is 3. The third-order valence-electron chi connectivity index (χ3n) is 20.9. The molecule has 8 amide bonds. The van der Waals surface area contributed by atoms with Gasteiger partial charge in [-0.3, -0.25) is 19.6 Å². The lowest BCUT2D eigenvalue weighted by Gasteiger charge is -2.32. The molecule has 1 aliphatic carbocycles. The van der Waals surface area contributed by atoms with Crippen LogP contribution in [0.5, 0.6) is 0 Å². The Labute approximate surface area is 644 Å². The predicted molar refractivity (Wildman–Crippen MR) is 421 cm³/mol. The van der Waals surface area contributed by atoms with Crippen molar-refractivity contribution < 1.29 is 43.3 Å². The smallest absolute Gasteiger partial charge is 0.318 e. The number of urea groups is 3. The van der Waals surface area contributed by atoms with Crippen molar-refractivity contribution in [3.8, 4) is 34.2 Å². The van der Waals surface area contributed by atoms with Crippen molar-refractivity contribution >= 4 is 97.5 Å². The van der Waals surface area contributed by atoms with Gasteiger partial charge in [0, 0.05) is 144 Å². The number of piperidine rings is 2. The average Bonchev–Trinajstić information content (AvgIpc) is 1.58. The van der Waals surface area contributed by atoms with E-state index in [1.54, 1.807) is 75.3 Å². The van der Waals surface area contributed by atoms with Crippen molar-refractivity contribution in [3.63, 3.8) is 0 Å². The van der Waals surface area contributed by atoms with Crippen molar-refractivity contribution in [2.24, 2.45) is 5.73 Å². The summed E-state index contributed by atoms with van der Waals surface area (Å²) in [6.07, 6.45) is 18.3. The minimum absolute atomic E-state index is 0.000334. The molecule has 5 saturated heterocycles. The highest BCUT2D eigenvalue weighted by molar-refractivity contribution is 5.96. The number of carbonyl (C=O) groups excluding carboxylic acids is 5. The highest BCUT2D eigenvalue weighted by Crippen LogP contribution is 2.38. The van der Waals surface area contributed by atoms with Crippen molar-refractivity contribution in [2.45, 2.75) is 75.6 Å². The number of aliphatic hydroxyl groups excluding tert-OH is 1. The van der Waals surface area contributed by atoms with E-state index in [0.717, 1.165) is 158 Å². The number of benzene rings is 3. The van der Waals surface area contributed by atoms with Crippen molar-refractivity contribution in [2.75, 3.05) is 150 Å². The van der Waals surface area contributed by atoms with Crippen LogP contribution in [0.4, 0.5) is 48.9 Å². The van der Waals surface area contributed by atoms with E-state index in [1.165, 1.54) is 0 Å². The van der Waals surface area contributed by atoms with E-state index in [1.807, 2.05) is 103 Å². The van der Waals surface area contributed by atoms with Crippen LogP contribution in [-0.2, 0) is 14.2 Å². The fourth-order valence-electron chi connectivity index (χ4n) is 14.9. The summed E-state index contributed by atoms with van der Waals surface area (Å²) in [5.74, 6) is 4.34. The molecule has 580 valence electrons. The second-order valence-electron chi connectivity index (χ2n) is 28.0. The maximum absolute atomic E-state index is 12.9. The van der Waals surface area contributed by atoms with E-state index in [4.69, 9.17) is 65.1 Å². The highest BCUT2D eigenvalue weighted by Gasteiger charge is 2.33. The second kappa shape index (κ2) is 34.7. The molecule has 5 aliphatic heterocycles. The molecule has 34 heteroatoms. The zero-order chi connectivity index (χ0) is 77.0. The number of nitrogens with two attached hydrogens (primary N) is 1. The van der Waals surface area contributed by atoms with Crippen LogP contribution in [0.3, 0.4) is 0 Å². The summed E-state index contributed by atoms with van der Waals surface area (Å²) >= 11 is 0. The number of rotatable bonds is 14. The number of primary amides is 1. The van der Waals surface area contributed by atoms with Crippen LogP contribution in [-0.4, -0.2) is 239 Å². The molecule has 8 aromatic heterocycles. The zero-order valence-electron chi connectivity index (χ0n) is 62.3. The molecule has 17 rings (SSSR count). The monoisotopic (exact) mass is 1520 g/mol. The number of nitrogens with one attached hydrogen (secondary N) is 5. The van der Waals surface area contributed by atoms with Gasteiger partial charge in [0.1, 0.15) is 17.5 Å². The van der Waals surface area contributed by atoms with Crippen molar-refractivity contribution in [1.29, 1.82) is 0 Å². The van der Waals surface area contributed by atoms with Gasteiger partial charge in [0.05, 0.1) is 104 Å². The van der Waals surface area contributed by atoms with Crippen LogP contribution in [0.1, 0.15) is 90.2 Å². The number of anilines is 6. The summed E-state index contributed by atoms with van der Waals surface area (Å²) in [4.78, 5) is 109. The Morgan fingerprint density at radius 3 is 1.11 bits per heavy atom. The average molecular weight is 1520 g/mol. The van der Waals surface area contributed by atoms with Gasteiger partial charge in [-0.1, -0.05) is 0 Å². The van der Waals surface area contributed by atoms with Crippen LogP contribution < -0.4 is 47.0 Å². The largest absolute Gasteiger partial charge is 0.393 e. The zero-order valence-corrected chi connectivity index (χ0v) is 62.3. The standard InChI is InChI=1S/C28H31N9O3.C27H29N9O3.C23H29N7O3/c1-29-28(39)32-21-4-2-19(3-5-21)24-33-25(35-14-16-40-17-15-35)23-18-31-37(26(23)34-24)22-8-12-36(13-9-22)27(38)20-6-10-30-11-7-20;28-27(38)31-20-5-3-18(4-6-20)23-32-24(34-12-14-39-15-13-34)22-17-30-36(25(22)33-23)21-7-10-35(11-8-21)26(37)19-2-1-9-29-16-19;1-24-23(32)26-16-4-2-15(3-5-16)20-27-21(29-10-12-33-13-11-29)19-14-25-30(22(19)28-20)17-6-8-18(31)9-7-17/h2-7,10-11,18,22H,8-9,12-17H2,1H3,(H2,29,32,39);1-6,9,16-17,21H,7-8,10-15H2,(H3,28,31,38);2-5,14,17-18,31H,6-13H2,1H3,(H2,24,26,32). The highest BCUT2D eigenvalue weighted by atomic mass is 16.5. The number of amides is 8. The number of hydrogen-bond acceptors (Lipinski definition) is 23. The summed E-state index contributed by atoms with van der Waals surface area (Å²) in [6.45, 7) is 10.9. The first-order chi connectivity index (χ1) is 54.8. The molecule has 0 spiro atoms. The second-order valence-corrected chi connectivity index (χ2v) is 28.0. The van der Waals surface area contributed by atoms with Gasteiger partial charge in [-0.2, -0.15) is 15.3 Å². The molecule has 6 fully saturated rings. The van der Waals surface area contributed by atoms with Gasteiger partial charge in [0.2, 0.25) is 0 Å². The van der Waals surface area contributed by atoms with Gasteiger partial charge < -0.3 is 76.1 Å². The van der Waals surface area contributed by atoms with Gasteiger partial charge in [0.15, 0.2) is 34.4 Å². The van der Waals surface area contributed by atoms with Crippen molar-refractivity contribution in [3.05, 3.63) is 152 Å². The quantitative estimate of drug-likeness (QED) is 0.0539. The molecule has 34 nitrogen and oxygen atoms in total. The summed E-state index contributed by atoms with van der Waals surface area (Å²) in [6, 6.07) is 28.6. The Morgan fingerprint density at radius 1 is 0.402 bits per heavy atom. The molecule has 11 aromatic rings. The molecule has 1 saturated carbocycles. The number of carbonyl (C=O) groups is 5. The molecular formula is C78H89N25O9. The molecule has 6 aliphatic rings. The number of aliphatic hydroxyl groups is 1. The van der Waals surface area contributed by atoms with Crippen LogP contribution in [0.15, 0.2) is 140 Å². The van der Waals surface area contributed by atoms with E-state index in [-0.39, 0.29) is 48.1 Å². The van der Waals surface area contributed by atoms with E-state index >= 15 is 0 Å². The van der Waals surface area contributed by atoms with E-state index in [9.17, 15) is 29.1 Å². The summed E-state index contributed by atoms with van der Waals surface area (Å²) in [5, 5.41) is 40.1. The Bertz CT molecular complexity index is 5090. The molecular weight excluding hydrogens is 1430 g/mol. The molecule has 0 unspecified atom stereocenters. The molecule has 112 heavy (non-hydrogen) atoms. The first kappa shape index (κ1) is 75.0. The number of likely N-dealkylation sites (tertiary alicyclic amines) is 2. The number of fused-ring (bicyclic) bond motifs is 3. The first-order valence-corrected chi connectivity index (χ1v) is 38.0. The van der Waals surface area contributed by atoms with Crippen LogP contribution >= 0.6 is 0 Å². The minimum atomic E-state index is -0.618. The molecule has 13 heterocycles. The summed E-state index contributed by atoms with van der Waals surface area (Å²) in [5.41, 5.74) is 13.3. The molecule has 0 atom stereocenters. The Kier molecular flexibility index (Phi) is 23.2. The van der Waals surface area contributed by atoms with Crippen LogP contribution in [0, 0.1) is 0 Å². The van der Waals surface area contributed by atoms with Gasteiger partial charge in [0.25, 0.3) is 11.8 Å². The Hall–Kier alpha value is -12.4. The van der Waals surface area contributed by atoms with Crippen LogP contribution in [0.25, 0.3) is 67.3 Å². The lowest BCUT2D eigenvalue weighted by Crippen LogP contribution is -2.39. The maximum Gasteiger partial charge on any atom is 0.318 e. The lowest BCUT2D eigenvalue weighted by molar-refractivity contribution is 0.0683. The number of ether oxygens (including phenoxy) is 3.